The second-order valence-corrected chi connectivity index (χ2v) is 8.99. The van der Waals surface area contributed by atoms with Gasteiger partial charge >= 0.3 is 0 Å². The molecule has 0 bridgehead atoms. The van der Waals surface area contributed by atoms with Crippen LogP contribution in [-0.2, 0) is 14.4 Å². The first-order chi connectivity index (χ1) is 15.5. The number of imide groups is 1. The molecule has 1 heterocycles. The highest BCUT2D eigenvalue weighted by Crippen LogP contribution is 2.40. The van der Waals surface area contributed by atoms with Crippen LogP contribution in [-0.4, -0.2) is 29.2 Å². The Bertz CT molecular complexity index is 984. The van der Waals surface area contributed by atoms with E-state index in [4.69, 9.17) is 0 Å². The van der Waals surface area contributed by atoms with Gasteiger partial charge in [0, 0.05) is 24.1 Å². The third-order valence-corrected chi connectivity index (χ3v) is 6.41. The molecular weight excluding hydrogens is 420 g/mol. The van der Waals surface area contributed by atoms with Crippen LogP contribution in [0.3, 0.4) is 0 Å². The number of nitrogens with one attached hydrogen (secondary N) is 1. The van der Waals surface area contributed by atoms with Gasteiger partial charge in [0.2, 0.25) is 5.91 Å². The molecular formula is C26H30N2O3S. The third kappa shape index (κ3) is 6.10. The Morgan fingerprint density at radius 3 is 2.19 bits per heavy atom. The van der Waals surface area contributed by atoms with Gasteiger partial charge in [-0.25, -0.2) is 0 Å². The predicted octanol–water partition coefficient (Wildman–Crippen LogP) is 5.88. The third-order valence-electron chi connectivity index (χ3n) is 5.32. The lowest BCUT2D eigenvalue weighted by molar-refractivity contribution is -0.136. The first-order valence-corrected chi connectivity index (χ1v) is 12.0. The average molecular weight is 451 g/mol. The quantitative estimate of drug-likeness (QED) is 0.343. The molecule has 0 unspecified atom stereocenters. The van der Waals surface area contributed by atoms with Gasteiger partial charge in [-0.1, -0.05) is 81.1 Å². The summed E-state index contributed by atoms with van der Waals surface area (Å²) >= 11 is 1.33. The van der Waals surface area contributed by atoms with E-state index in [1.54, 1.807) is 24.3 Å². The highest BCUT2D eigenvalue weighted by Gasteiger charge is 2.39. The lowest BCUT2D eigenvalue weighted by Gasteiger charge is -2.15. The molecule has 0 spiro atoms. The number of anilines is 1. The van der Waals surface area contributed by atoms with E-state index in [2.05, 4.69) is 12.2 Å². The minimum Gasteiger partial charge on any atom is -0.326 e. The lowest BCUT2D eigenvalue weighted by Crippen LogP contribution is -2.32. The van der Waals surface area contributed by atoms with E-state index in [-0.39, 0.29) is 17.7 Å². The molecule has 5 nitrogen and oxygen atoms in total. The molecule has 32 heavy (non-hydrogen) atoms. The van der Waals surface area contributed by atoms with Crippen LogP contribution in [0.1, 0.15) is 57.9 Å². The van der Waals surface area contributed by atoms with Gasteiger partial charge in [-0.3, -0.25) is 19.3 Å². The maximum Gasteiger partial charge on any atom is 0.268 e. The normalized spacial score (nSPS) is 13.8. The van der Waals surface area contributed by atoms with Gasteiger partial charge in [0.15, 0.2) is 0 Å². The molecule has 1 N–H and O–H groups in total. The number of hydrogen-bond acceptors (Lipinski definition) is 4. The van der Waals surface area contributed by atoms with Crippen LogP contribution >= 0.6 is 11.8 Å². The summed E-state index contributed by atoms with van der Waals surface area (Å²) in [6.45, 7) is 4.07. The maximum absolute atomic E-state index is 13.3. The van der Waals surface area contributed by atoms with E-state index in [0.29, 0.717) is 28.3 Å². The number of carbonyl (C=O) groups is 3. The van der Waals surface area contributed by atoms with Crippen LogP contribution in [0.25, 0.3) is 5.57 Å². The zero-order valence-electron chi connectivity index (χ0n) is 18.7. The van der Waals surface area contributed by atoms with Crippen molar-refractivity contribution in [2.45, 2.75) is 57.3 Å². The second kappa shape index (κ2) is 11.7. The van der Waals surface area contributed by atoms with Gasteiger partial charge in [-0.15, -0.1) is 0 Å². The summed E-state index contributed by atoms with van der Waals surface area (Å²) in [7, 11) is 0. The van der Waals surface area contributed by atoms with Crippen molar-refractivity contribution >= 4 is 40.7 Å². The fraction of sp³-hybridized carbons (Fsp3) is 0.346. The number of hydrogen-bond donors (Lipinski definition) is 1. The molecule has 1 aliphatic rings. The minimum atomic E-state index is -0.241. The van der Waals surface area contributed by atoms with Gasteiger partial charge in [0.25, 0.3) is 11.8 Å². The molecule has 0 radical (unpaired) electrons. The molecule has 0 aromatic heterocycles. The number of rotatable bonds is 11. The van der Waals surface area contributed by atoms with Crippen LogP contribution in [0.4, 0.5) is 5.69 Å². The highest BCUT2D eigenvalue weighted by molar-refractivity contribution is 8.04. The minimum absolute atomic E-state index is 0.158. The number of nitrogens with zero attached hydrogens (tertiary/aromatic N) is 1. The van der Waals surface area contributed by atoms with E-state index >= 15 is 0 Å². The molecule has 3 amide bonds. The standard InChI is InChI=1S/C26H30N2O3S/c1-3-4-5-6-7-11-18-28-25(30)23(20-14-16-21(17-15-20)27-19(2)29)24(26(28)31)32-22-12-9-8-10-13-22/h8-10,12-17H,3-7,11,18H2,1-2H3,(H,27,29). The Balaban J connectivity index is 1.82. The van der Waals surface area contributed by atoms with E-state index < -0.39 is 0 Å². The van der Waals surface area contributed by atoms with Crippen LogP contribution in [0.5, 0.6) is 0 Å². The molecule has 1 aliphatic heterocycles. The maximum atomic E-state index is 13.3. The molecule has 0 aliphatic carbocycles. The van der Waals surface area contributed by atoms with Gasteiger partial charge in [-0.2, -0.15) is 0 Å². The van der Waals surface area contributed by atoms with Crippen molar-refractivity contribution in [2.75, 3.05) is 11.9 Å². The van der Waals surface area contributed by atoms with E-state index in [9.17, 15) is 14.4 Å². The average Bonchev–Trinajstić information content (AvgIpc) is 3.01. The summed E-state index contributed by atoms with van der Waals surface area (Å²) in [6, 6.07) is 16.7. The Morgan fingerprint density at radius 1 is 0.875 bits per heavy atom. The monoisotopic (exact) mass is 450 g/mol. The molecule has 0 fully saturated rings. The Morgan fingerprint density at radius 2 is 1.53 bits per heavy atom. The molecule has 2 aromatic carbocycles. The van der Waals surface area contributed by atoms with Gasteiger partial charge < -0.3 is 5.32 Å². The van der Waals surface area contributed by atoms with Crippen molar-refractivity contribution in [3.63, 3.8) is 0 Å². The van der Waals surface area contributed by atoms with Crippen LogP contribution in [0, 0.1) is 0 Å². The fourth-order valence-electron chi connectivity index (χ4n) is 3.69. The summed E-state index contributed by atoms with van der Waals surface area (Å²) in [6.07, 6.45) is 6.56. The molecule has 0 saturated carbocycles. The zero-order valence-corrected chi connectivity index (χ0v) is 19.5. The fourth-order valence-corrected chi connectivity index (χ4v) is 4.72. The number of amides is 3. The van der Waals surface area contributed by atoms with Crippen molar-refractivity contribution < 1.29 is 14.4 Å². The van der Waals surface area contributed by atoms with Gasteiger partial charge in [0.1, 0.15) is 0 Å². The number of carbonyl (C=O) groups excluding carboxylic acids is 3. The predicted molar refractivity (Wildman–Crippen MR) is 130 cm³/mol. The van der Waals surface area contributed by atoms with Crippen molar-refractivity contribution in [1.29, 1.82) is 0 Å². The summed E-state index contributed by atoms with van der Waals surface area (Å²) in [5.41, 5.74) is 1.77. The Hall–Kier alpha value is -2.86. The Labute approximate surface area is 194 Å². The first-order valence-electron chi connectivity index (χ1n) is 11.2. The summed E-state index contributed by atoms with van der Waals surface area (Å²) < 4.78 is 0. The van der Waals surface area contributed by atoms with E-state index in [1.807, 2.05) is 30.3 Å². The van der Waals surface area contributed by atoms with E-state index in [0.717, 1.165) is 24.2 Å². The molecule has 3 rings (SSSR count). The number of benzene rings is 2. The highest BCUT2D eigenvalue weighted by atomic mass is 32.2. The topological polar surface area (TPSA) is 66.5 Å². The molecule has 0 atom stereocenters. The largest absolute Gasteiger partial charge is 0.326 e. The first kappa shape index (κ1) is 23.8. The summed E-state index contributed by atoms with van der Waals surface area (Å²) in [4.78, 5) is 40.6. The molecule has 2 aromatic rings. The molecule has 0 saturated heterocycles. The van der Waals surface area contributed by atoms with Crippen LogP contribution < -0.4 is 5.32 Å². The van der Waals surface area contributed by atoms with Crippen LogP contribution in [0.15, 0.2) is 64.4 Å². The van der Waals surface area contributed by atoms with Crippen molar-refractivity contribution in [1.82, 2.24) is 4.90 Å². The van der Waals surface area contributed by atoms with Crippen molar-refractivity contribution in [3.8, 4) is 0 Å². The molecule has 168 valence electrons. The lowest BCUT2D eigenvalue weighted by atomic mass is 10.1. The number of thioether (sulfide) groups is 1. The number of unbranched alkanes of at least 4 members (excludes halogenated alkanes) is 5. The molecule has 6 heteroatoms. The van der Waals surface area contributed by atoms with Gasteiger partial charge in [-0.05, 0) is 36.2 Å². The van der Waals surface area contributed by atoms with Crippen molar-refractivity contribution in [2.24, 2.45) is 0 Å². The zero-order chi connectivity index (χ0) is 22.9. The van der Waals surface area contributed by atoms with Crippen LogP contribution in [0.2, 0.25) is 0 Å². The summed E-state index contributed by atoms with van der Waals surface area (Å²) in [5.74, 6) is -0.623. The van der Waals surface area contributed by atoms with Crippen molar-refractivity contribution in [3.05, 3.63) is 65.1 Å². The SMILES string of the molecule is CCCCCCCCN1C(=O)C(Sc2ccccc2)=C(c2ccc(NC(C)=O)cc2)C1=O. The smallest absolute Gasteiger partial charge is 0.268 e. The summed E-state index contributed by atoms with van der Waals surface area (Å²) in [5, 5.41) is 2.73. The second-order valence-electron chi connectivity index (χ2n) is 7.91. The van der Waals surface area contributed by atoms with E-state index in [1.165, 1.54) is 42.8 Å². The Kier molecular flexibility index (Phi) is 8.68. The van der Waals surface area contributed by atoms with Gasteiger partial charge in [0.05, 0.1) is 10.5 Å².